The van der Waals surface area contributed by atoms with E-state index in [2.05, 4.69) is 10.3 Å². The Morgan fingerprint density at radius 2 is 1.85 bits per heavy atom. The van der Waals surface area contributed by atoms with Crippen LogP contribution in [0.2, 0.25) is 0 Å². The number of nitrogens with zero attached hydrogens (tertiary/aromatic N) is 2. The van der Waals surface area contributed by atoms with Gasteiger partial charge in [-0.25, -0.2) is 4.98 Å². The molecule has 104 valence electrons. The second-order valence-electron chi connectivity index (χ2n) is 5.52. The Morgan fingerprint density at radius 1 is 1.20 bits per heavy atom. The smallest absolute Gasteiger partial charge is 0.270 e. The molecule has 5 heteroatoms. The van der Waals surface area contributed by atoms with E-state index in [0.717, 1.165) is 0 Å². The topological polar surface area (TPSA) is 64.0 Å². The van der Waals surface area contributed by atoms with Gasteiger partial charge in [0.05, 0.1) is 5.69 Å². The molecule has 1 aromatic heterocycles. The number of carbonyl (C=O) groups is 1. The molecule has 1 heterocycles. The molecule has 5 nitrogen and oxygen atoms in total. The van der Waals surface area contributed by atoms with E-state index in [1.165, 1.54) is 17.1 Å². The summed E-state index contributed by atoms with van der Waals surface area (Å²) in [6.07, 6.45) is 2.70. The molecule has 0 fully saturated rings. The summed E-state index contributed by atoms with van der Waals surface area (Å²) in [6, 6.07) is 9.08. The quantitative estimate of drug-likeness (QED) is 0.905. The van der Waals surface area contributed by atoms with Crippen molar-refractivity contribution in [1.29, 1.82) is 0 Å². The number of carbonyl (C=O) groups excluding carboxylic acids is 1. The van der Waals surface area contributed by atoms with Crippen molar-refractivity contribution in [3.63, 3.8) is 0 Å². The lowest BCUT2D eigenvalue weighted by molar-refractivity contribution is 0.0917. The Hall–Kier alpha value is -2.43. The third-order valence-electron chi connectivity index (χ3n) is 2.60. The van der Waals surface area contributed by atoms with Gasteiger partial charge in [0, 0.05) is 11.7 Å². The zero-order chi connectivity index (χ0) is 14.8. The molecule has 0 saturated carbocycles. The SMILES string of the molecule is CC(C)(C)NC(=O)c1cncn(-c2ccccc2)c1=O. The molecule has 2 rings (SSSR count). The molecule has 0 bridgehead atoms. The highest BCUT2D eigenvalue weighted by atomic mass is 16.2. The van der Waals surface area contributed by atoms with Crippen molar-refractivity contribution in [2.24, 2.45) is 0 Å². The highest BCUT2D eigenvalue weighted by Gasteiger charge is 2.19. The summed E-state index contributed by atoms with van der Waals surface area (Å²) in [7, 11) is 0. The van der Waals surface area contributed by atoms with Gasteiger partial charge < -0.3 is 5.32 Å². The molecule has 0 aliphatic rings. The van der Waals surface area contributed by atoms with E-state index in [1.54, 1.807) is 12.1 Å². The average molecular weight is 271 g/mol. The molecular weight excluding hydrogens is 254 g/mol. The Labute approximate surface area is 117 Å². The molecule has 0 radical (unpaired) electrons. The maximum absolute atomic E-state index is 12.4. The van der Waals surface area contributed by atoms with Crippen LogP contribution < -0.4 is 10.9 Å². The summed E-state index contributed by atoms with van der Waals surface area (Å²) < 4.78 is 1.36. The molecule has 0 unspecified atom stereocenters. The van der Waals surface area contributed by atoms with Crippen LogP contribution in [0.15, 0.2) is 47.7 Å². The van der Waals surface area contributed by atoms with Gasteiger partial charge in [-0.2, -0.15) is 0 Å². The zero-order valence-electron chi connectivity index (χ0n) is 11.8. The van der Waals surface area contributed by atoms with Crippen LogP contribution in [0, 0.1) is 0 Å². The summed E-state index contributed by atoms with van der Waals surface area (Å²) in [5.41, 5.74) is -0.0774. The fourth-order valence-electron chi connectivity index (χ4n) is 1.75. The third kappa shape index (κ3) is 3.12. The molecule has 0 atom stereocenters. The maximum Gasteiger partial charge on any atom is 0.270 e. The summed E-state index contributed by atoms with van der Waals surface area (Å²) in [6.45, 7) is 5.57. The first-order valence-corrected chi connectivity index (χ1v) is 6.33. The molecule has 0 aliphatic carbocycles. The van der Waals surface area contributed by atoms with Gasteiger partial charge >= 0.3 is 0 Å². The molecule has 0 spiro atoms. The van der Waals surface area contributed by atoms with Crippen molar-refractivity contribution in [2.75, 3.05) is 0 Å². The largest absolute Gasteiger partial charge is 0.347 e. The minimum Gasteiger partial charge on any atom is -0.347 e. The molecule has 1 aromatic carbocycles. The molecular formula is C15H17N3O2. The monoisotopic (exact) mass is 271 g/mol. The number of amides is 1. The predicted octanol–water partition coefficient (Wildman–Crippen LogP) is 1.76. The van der Waals surface area contributed by atoms with E-state index >= 15 is 0 Å². The number of hydrogen-bond acceptors (Lipinski definition) is 3. The minimum atomic E-state index is -0.416. The van der Waals surface area contributed by atoms with Crippen LogP contribution >= 0.6 is 0 Å². The number of benzene rings is 1. The highest BCUT2D eigenvalue weighted by Crippen LogP contribution is 2.05. The fraction of sp³-hybridized carbons (Fsp3) is 0.267. The van der Waals surface area contributed by atoms with Crippen LogP contribution in [0.3, 0.4) is 0 Å². The summed E-state index contributed by atoms with van der Waals surface area (Å²) in [4.78, 5) is 28.4. The lowest BCUT2D eigenvalue weighted by Gasteiger charge is -2.20. The van der Waals surface area contributed by atoms with Gasteiger partial charge in [0.2, 0.25) is 0 Å². The van der Waals surface area contributed by atoms with E-state index in [-0.39, 0.29) is 11.1 Å². The van der Waals surface area contributed by atoms with Crippen LogP contribution in [-0.2, 0) is 0 Å². The first-order valence-electron chi connectivity index (χ1n) is 6.33. The van der Waals surface area contributed by atoms with Crippen molar-refractivity contribution < 1.29 is 4.79 Å². The predicted molar refractivity (Wildman–Crippen MR) is 77.1 cm³/mol. The van der Waals surface area contributed by atoms with Gasteiger partial charge in [-0.3, -0.25) is 14.2 Å². The van der Waals surface area contributed by atoms with Crippen LogP contribution in [0.5, 0.6) is 0 Å². The lowest BCUT2D eigenvalue weighted by Crippen LogP contribution is -2.43. The van der Waals surface area contributed by atoms with Crippen molar-refractivity contribution >= 4 is 5.91 Å². The summed E-state index contributed by atoms with van der Waals surface area (Å²) in [5.74, 6) is -0.416. The van der Waals surface area contributed by atoms with Crippen molar-refractivity contribution in [2.45, 2.75) is 26.3 Å². The normalized spacial score (nSPS) is 11.2. The number of para-hydroxylation sites is 1. The minimum absolute atomic E-state index is 0.0336. The van der Waals surface area contributed by atoms with Crippen LogP contribution in [0.1, 0.15) is 31.1 Å². The lowest BCUT2D eigenvalue weighted by atomic mass is 10.1. The van der Waals surface area contributed by atoms with Gasteiger partial charge in [0.15, 0.2) is 0 Å². The molecule has 1 amide bonds. The first kappa shape index (κ1) is 14.0. The zero-order valence-corrected chi connectivity index (χ0v) is 11.8. The van der Waals surface area contributed by atoms with E-state index in [9.17, 15) is 9.59 Å². The van der Waals surface area contributed by atoms with E-state index < -0.39 is 11.4 Å². The van der Waals surface area contributed by atoms with E-state index in [0.29, 0.717) is 5.69 Å². The van der Waals surface area contributed by atoms with Gasteiger partial charge in [0.1, 0.15) is 11.9 Å². The fourth-order valence-corrected chi connectivity index (χ4v) is 1.75. The molecule has 0 saturated heterocycles. The standard InChI is InChI=1S/C15H17N3O2/c1-15(2,3)17-13(19)12-9-16-10-18(14(12)20)11-7-5-4-6-8-11/h4-10H,1-3H3,(H,17,19). The van der Waals surface area contributed by atoms with Gasteiger partial charge in [-0.1, -0.05) is 18.2 Å². The highest BCUT2D eigenvalue weighted by molar-refractivity contribution is 5.94. The Morgan fingerprint density at radius 3 is 2.45 bits per heavy atom. The van der Waals surface area contributed by atoms with E-state index in [4.69, 9.17) is 0 Å². The molecule has 1 N–H and O–H groups in total. The Balaban J connectivity index is 2.44. The number of rotatable bonds is 2. The third-order valence-corrected chi connectivity index (χ3v) is 2.60. The molecule has 2 aromatic rings. The second kappa shape index (κ2) is 5.28. The van der Waals surface area contributed by atoms with E-state index in [1.807, 2.05) is 39.0 Å². The Kier molecular flexibility index (Phi) is 3.70. The van der Waals surface area contributed by atoms with Crippen LogP contribution in [-0.4, -0.2) is 21.0 Å². The van der Waals surface area contributed by atoms with Gasteiger partial charge in [-0.05, 0) is 32.9 Å². The van der Waals surface area contributed by atoms with Crippen molar-refractivity contribution in [3.8, 4) is 5.69 Å². The number of nitrogens with one attached hydrogen (secondary N) is 1. The van der Waals surface area contributed by atoms with Crippen LogP contribution in [0.25, 0.3) is 5.69 Å². The molecule has 0 aliphatic heterocycles. The summed E-state index contributed by atoms with van der Waals surface area (Å²) >= 11 is 0. The first-order chi connectivity index (χ1) is 9.38. The second-order valence-corrected chi connectivity index (χ2v) is 5.52. The maximum atomic E-state index is 12.4. The average Bonchev–Trinajstić information content (AvgIpc) is 2.38. The van der Waals surface area contributed by atoms with Crippen LogP contribution in [0.4, 0.5) is 0 Å². The van der Waals surface area contributed by atoms with Crippen molar-refractivity contribution in [3.05, 3.63) is 58.8 Å². The molecule has 20 heavy (non-hydrogen) atoms. The van der Waals surface area contributed by atoms with Gasteiger partial charge in [0.25, 0.3) is 11.5 Å². The number of hydrogen-bond donors (Lipinski definition) is 1. The van der Waals surface area contributed by atoms with Crippen molar-refractivity contribution in [1.82, 2.24) is 14.9 Å². The Bertz CT molecular complexity index is 670. The number of aromatic nitrogens is 2. The van der Waals surface area contributed by atoms with Gasteiger partial charge in [-0.15, -0.1) is 0 Å². The summed E-state index contributed by atoms with van der Waals surface area (Å²) in [5, 5.41) is 2.76.